The molecule has 0 N–H and O–H groups in total. The smallest absolute Gasteiger partial charge is 0.187 e. The van der Waals surface area contributed by atoms with Gasteiger partial charge < -0.3 is 4.74 Å². The van der Waals surface area contributed by atoms with E-state index in [0.717, 1.165) is 23.7 Å². The van der Waals surface area contributed by atoms with Gasteiger partial charge in [0.05, 0.1) is 13.2 Å². The van der Waals surface area contributed by atoms with Crippen molar-refractivity contribution in [3.05, 3.63) is 0 Å². The summed E-state index contributed by atoms with van der Waals surface area (Å²) in [6, 6.07) is 0.647. The highest BCUT2D eigenvalue weighted by atomic mass is 16.5. The van der Waals surface area contributed by atoms with Gasteiger partial charge in [-0.2, -0.15) is 0 Å². The summed E-state index contributed by atoms with van der Waals surface area (Å²) in [6.07, 6.45) is 4.13. The maximum atomic E-state index is 5.25. The zero-order chi connectivity index (χ0) is 7.42. The van der Waals surface area contributed by atoms with Gasteiger partial charge in [0.15, 0.2) is 5.90 Å². The molecule has 0 aromatic rings. The van der Waals surface area contributed by atoms with E-state index in [0.29, 0.717) is 6.04 Å². The number of rotatable bonds is 0. The van der Waals surface area contributed by atoms with Gasteiger partial charge in [-0.1, -0.05) is 6.42 Å². The molecule has 2 saturated carbocycles. The van der Waals surface area contributed by atoms with Gasteiger partial charge in [0, 0.05) is 5.92 Å². The molecule has 2 heteroatoms. The van der Waals surface area contributed by atoms with E-state index in [4.69, 9.17) is 4.74 Å². The molecule has 4 atom stereocenters. The molecule has 0 spiro atoms. The number of aliphatic imine (C=N–C) groups is 1. The summed E-state index contributed by atoms with van der Waals surface area (Å²) in [6.45, 7) is 0. The molecule has 11 heavy (non-hydrogen) atoms. The Hall–Kier alpha value is -0.530. The Morgan fingerprint density at radius 2 is 2.36 bits per heavy atom. The fraction of sp³-hybridized carbons (Fsp3) is 0.889. The van der Waals surface area contributed by atoms with Crippen molar-refractivity contribution in [1.82, 2.24) is 0 Å². The molecule has 0 saturated heterocycles. The molecule has 2 aliphatic carbocycles. The maximum Gasteiger partial charge on any atom is 0.187 e. The molecular formula is C9H13NO. The Labute approximate surface area is 66.7 Å². The van der Waals surface area contributed by atoms with E-state index in [1.807, 2.05) is 0 Å². The lowest BCUT2D eigenvalue weighted by atomic mass is 9.96. The van der Waals surface area contributed by atoms with Crippen LogP contribution in [0.25, 0.3) is 0 Å². The zero-order valence-corrected chi connectivity index (χ0v) is 6.79. The highest BCUT2D eigenvalue weighted by Gasteiger charge is 2.62. The highest BCUT2D eigenvalue weighted by Crippen LogP contribution is 2.60. The summed E-state index contributed by atoms with van der Waals surface area (Å²) in [4.78, 5) is 4.55. The van der Waals surface area contributed by atoms with Crippen LogP contribution in [0.4, 0.5) is 0 Å². The van der Waals surface area contributed by atoms with Crippen molar-refractivity contribution >= 4 is 5.90 Å². The molecule has 0 radical (unpaired) electrons. The number of hydrogen-bond acceptors (Lipinski definition) is 2. The van der Waals surface area contributed by atoms with Crippen LogP contribution in [0.5, 0.6) is 0 Å². The molecule has 1 aliphatic heterocycles. The normalized spacial score (nSPS) is 51.5. The largest absolute Gasteiger partial charge is 0.484 e. The van der Waals surface area contributed by atoms with E-state index in [1.54, 1.807) is 7.11 Å². The molecule has 2 fully saturated rings. The van der Waals surface area contributed by atoms with Crippen molar-refractivity contribution in [3.8, 4) is 0 Å². The van der Waals surface area contributed by atoms with Crippen LogP contribution >= 0.6 is 0 Å². The molecule has 3 rings (SSSR count). The van der Waals surface area contributed by atoms with Gasteiger partial charge >= 0.3 is 0 Å². The lowest BCUT2D eigenvalue weighted by Crippen LogP contribution is -2.14. The molecule has 0 bridgehead atoms. The van der Waals surface area contributed by atoms with Gasteiger partial charge in [0.25, 0.3) is 0 Å². The van der Waals surface area contributed by atoms with E-state index >= 15 is 0 Å². The van der Waals surface area contributed by atoms with Crippen LogP contribution in [0.2, 0.25) is 0 Å². The van der Waals surface area contributed by atoms with Crippen LogP contribution in [-0.4, -0.2) is 19.0 Å². The summed E-state index contributed by atoms with van der Waals surface area (Å²) < 4.78 is 5.25. The first-order chi connectivity index (χ1) is 5.42. The van der Waals surface area contributed by atoms with E-state index < -0.39 is 0 Å². The molecule has 4 unspecified atom stereocenters. The first-order valence-electron chi connectivity index (χ1n) is 4.53. The first-order valence-corrected chi connectivity index (χ1v) is 4.53. The lowest BCUT2D eigenvalue weighted by Gasteiger charge is -2.16. The van der Waals surface area contributed by atoms with Crippen LogP contribution in [0, 0.1) is 17.8 Å². The van der Waals surface area contributed by atoms with Crippen molar-refractivity contribution in [3.63, 3.8) is 0 Å². The predicted octanol–water partition coefficient (Wildman–Crippen LogP) is 1.46. The first kappa shape index (κ1) is 6.04. The second-order valence-corrected chi connectivity index (χ2v) is 3.94. The second-order valence-electron chi connectivity index (χ2n) is 3.94. The molecule has 3 aliphatic rings. The molecule has 2 nitrogen and oxygen atoms in total. The molecule has 0 aromatic carbocycles. The van der Waals surface area contributed by atoms with Crippen LogP contribution in [0.3, 0.4) is 0 Å². The van der Waals surface area contributed by atoms with Gasteiger partial charge in [-0.15, -0.1) is 0 Å². The van der Waals surface area contributed by atoms with E-state index in [-0.39, 0.29) is 0 Å². The minimum Gasteiger partial charge on any atom is -0.484 e. The summed E-state index contributed by atoms with van der Waals surface area (Å²) in [5.41, 5.74) is 0. The number of ether oxygens (including phenoxy) is 1. The van der Waals surface area contributed by atoms with Crippen molar-refractivity contribution in [2.45, 2.75) is 25.3 Å². The summed E-state index contributed by atoms with van der Waals surface area (Å²) in [5.74, 6) is 3.66. The topological polar surface area (TPSA) is 21.6 Å². The van der Waals surface area contributed by atoms with Gasteiger partial charge in [-0.3, -0.25) is 4.99 Å². The number of nitrogens with zero attached hydrogens (tertiary/aromatic N) is 1. The Morgan fingerprint density at radius 3 is 3.00 bits per heavy atom. The maximum absolute atomic E-state index is 5.25. The summed E-state index contributed by atoms with van der Waals surface area (Å²) >= 11 is 0. The molecule has 0 aromatic heterocycles. The monoisotopic (exact) mass is 151 g/mol. The van der Waals surface area contributed by atoms with Gasteiger partial charge in [-0.05, 0) is 24.7 Å². The number of fused-ring (bicyclic) bond motifs is 1. The molecule has 60 valence electrons. The Balaban J connectivity index is 1.91. The van der Waals surface area contributed by atoms with Crippen LogP contribution in [0.15, 0.2) is 4.99 Å². The molecule has 0 amide bonds. The van der Waals surface area contributed by atoms with Gasteiger partial charge in [0.1, 0.15) is 0 Å². The zero-order valence-electron chi connectivity index (χ0n) is 6.79. The van der Waals surface area contributed by atoms with E-state index in [9.17, 15) is 0 Å². The number of methoxy groups -OCH3 is 1. The Morgan fingerprint density at radius 1 is 1.45 bits per heavy atom. The van der Waals surface area contributed by atoms with E-state index in [1.165, 1.54) is 19.3 Å². The van der Waals surface area contributed by atoms with Crippen molar-refractivity contribution < 1.29 is 4.74 Å². The minimum atomic E-state index is 0.647. The van der Waals surface area contributed by atoms with Gasteiger partial charge in [0.2, 0.25) is 0 Å². The predicted molar refractivity (Wildman–Crippen MR) is 42.6 cm³/mol. The fourth-order valence-electron chi connectivity index (χ4n) is 2.99. The average molecular weight is 151 g/mol. The molecular weight excluding hydrogens is 138 g/mol. The van der Waals surface area contributed by atoms with E-state index in [2.05, 4.69) is 4.99 Å². The van der Waals surface area contributed by atoms with Crippen LogP contribution in [0.1, 0.15) is 19.3 Å². The van der Waals surface area contributed by atoms with Crippen LogP contribution in [-0.2, 0) is 4.74 Å². The Kier molecular flexibility index (Phi) is 0.984. The summed E-state index contributed by atoms with van der Waals surface area (Å²) in [5, 5.41) is 0. The molecule has 1 heterocycles. The van der Waals surface area contributed by atoms with Crippen LogP contribution < -0.4 is 0 Å². The second kappa shape index (κ2) is 1.79. The highest BCUT2D eigenvalue weighted by molar-refractivity contribution is 5.85. The third-order valence-corrected chi connectivity index (χ3v) is 3.50. The third kappa shape index (κ3) is 0.608. The quantitative estimate of drug-likeness (QED) is 0.513. The minimum absolute atomic E-state index is 0.647. The standard InChI is InChI=1S/C9H13NO/c1-11-9-8-5-3-2-4-6(10-9)7(5)8/h5-8H,2-4H2,1H3. The third-order valence-electron chi connectivity index (χ3n) is 3.50. The van der Waals surface area contributed by atoms with Crippen molar-refractivity contribution in [1.29, 1.82) is 0 Å². The SMILES string of the molecule is COC1=NC2CCCC3C1C23. The average Bonchev–Trinajstić information content (AvgIpc) is 2.59. The Bertz CT molecular complexity index is 224. The summed E-state index contributed by atoms with van der Waals surface area (Å²) in [7, 11) is 1.76. The lowest BCUT2D eigenvalue weighted by molar-refractivity contribution is 0.369. The fourth-order valence-corrected chi connectivity index (χ4v) is 2.99. The van der Waals surface area contributed by atoms with Gasteiger partial charge in [-0.25, -0.2) is 0 Å². The number of hydrogen-bond donors (Lipinski definition) is 0. The van der Waals surface area contributed by atoms with Crippen molar-refractivity contribution in [2.24, 2.45) is 22.7 Å². The van der Waals surface area contributed by atoms with Crippen molar-refractivity contribution in [2.75, 3.05) is 7.11 Å².